The molecule has 12 nitrogen and oxygen atoms in total. The van der Waals surface area contributed by atoms with Crippen LogP contribution in [0.1, 0.15) is 45.9 Å². The summed E-state index contributed by atoms with van der Waals surface area (Å²) in [7, 11) is 1.28. The van der Waals surface area contributed by atoms with Crippen molar-refractivity contribution in [2.24, 2.45) is 4.99 Å². The van der Waals surface area contributed by atoms with E-state index in [1.807, 2.05) is 45.0 Å². The zero-order chi connectivity index (χ0) is 32.9. The van der Waals surface area contributed by atoms with Gasteiger partial charge >= 0.3 is 21.1 Å². The van der Waals surface area contributed by atoms with E-state index in [2.05, 4.69) is 15.1 Å². The molecule has 0 aliphatic carbocycles. The van der Waals surface area contributed by atoms with Gasteiger partial charge in [-0.15, -0.1) is 0 Å². The van der Waals surface area contributed by atoms with Crippen LogP contribution in [0.15, 0.2) is 75.2 Å². The molecular weight excluding hydrogens is 608 g/mol. The molecule has 1 atom stereocenters. The minimum Gasteiger partial charge on any atom is -0.549 e. The van der Waals surface area contributed by atoms with Crippen molar-refractivity contribution in [3.05, 3.63) is 72.1 Å². The molecule has 4 heterocycles. The average Bonchev–Trinajstić information content (AvgIpc) is 3.95. The highest BCUT2D eigenvalue weighted by Crippen LogP contribution is 2.43. The topological polar surface area (TPSA) is 153 Å². The zero-order valence-corrected chi connectivity index (χ0v) is 27.0. The molecule has 2 aliphatic rings. The Morgan fingerprint density at radius 2 is 1.70 bits per heavy atom. The number of ether oxygens (including phenoxy) is 1. The minimum atomic E-state index is -3.43. The SMILES string of the molecule is CC(C)S(=O)(=O)c1ccc(-c2cnc(C3(N=C4[B]O4)[B]O3)c(-c3cc(-c4ccc(CN(C)C(=O)OC(C)(C)C)cc4)no3)n2)cc1. The van der Waals surface area contributed by atoms with Crippen molar-refractivity contribution in [1.82, 2.24) is 20.0 Å². The number of aromatic nitrogens is 3. The molecule has 0 spiro atoms. The zero-order valence-electron chi connectivity index (χ0n) is 26.2. The number of rotatable bonds is 9. The van der Waals surface area contributed by atoms with Gasteiger partial charge in [0.15, 0.2) is 27.0 Å². The first-order valence-electron chi connectivity index (χ1n) is 14.6. The fourth-order valence-corrected chi connectivity index (χ4v) is 5.61. The first-order valence-corrected chi connectivity index (χ1v) is 16.1. The van der Waals surface area contributed by atoms with Crippen LogP contribution in [0.25, 0.3) is 34.0 Å². The molecular formula is C31H31B2N5O7S. The van der Waals surface area contributed by atoms with Crippen molar-refractivity contribution in [2.45, 2.75) is 62.5 Å². The largest absolute Gasteiger partial charge is 0.549 e. The van der Waals surface area contributed by atoms with Crippen molar-refractivity contribution in [1.29, 1.82) is 0 Å². The smallest absolute Gasteiger partial charge is 0.474 e. The number of carbonyl (C=O) groups excluding carboxylic acids is 1. The lowest BCUT2D eigenvalue weighted by molar-refractivity contribution is 0.0285. The van der Waals surface area contributed by atoms with E-state index in [0.29, 0.717) is 46.4 Å². The van der Waals surface area contributed by atoms with Crippen LogP contribution < -0.4 is 0 Å². The van der Waals surface area contributed by atoms with Crippen LogP contribution >= 0.6 is 0 Å². The van der Waals surface area contributed by atoms with E-state index in [9.17, 15) is 13.2 Å². The molecule has 15 heteroatoms. The fourth-order valence-electron chi connectivity index (χ4n) is 4.55. The first-order chi connectivity index (χ1) is 21.7. The quantitative estimate of drug-likeness (QED) is 0.185. The molecule has 2 saturated heterocycles. The summed E-state index contributed by atoms with van der Waals surface area (Å²) in [5.74, 6) is 0.749. The van der Waals surface area contributed by atoms with E-state index in [0.717, 1.165) is 11.1 Å². The summed E-state index contributed by atoms with van der Waals surface area (Å²) in [5.41, 5.74) is 2.38. The van der Waals surface area contributed by atoms with E-state index in [-0.39, 0.29) is 4.90 Å². The maximum absolute atomic E-state index is 12.6. The third kappa shape index (κ3) is 6.70. The number of aliphatic imine (C=N–C) groups is 1. The van der Waals surface area contributed by atoms with Crippen molar-refractivity contribution < 1.29 is 31.8 Å². The normalized spacial score (nSPS) is 18.0. The molecule has 2 aliphatic heterocycles. The highest BCUT2D eigenvalue weighted by atomic mass is 32.2. The van der Waals surface area contributed by atoms with Gasteiger partial charge in [0.2, 0.25) is 0 Å². The van der Waals surface area contributed by atoms with Gasteiger partial charge in [-0.05, 0) is 52.3 Å². The molecule has 2 aromatic heterocycles. The molecule has 2 aromatic carbocycles. The second kappa shape index (κ2) is 11.7. The Bertz CT molecular complexity index is 1910. The van der Waals surface area contributed by atoms with Crippen LogP contribution in [0.4, 0.5) is 4.79 Å². The van der Waals surface area contributed by atoms with Gasteiger partial charge in [-0.1, -0.05) is 41.6 Å². The Labute approximate surface area is 268 Å². The van der Waals surface area contributed by atoms with Crippen LogP contribution in [-0.2, 0) is 36.1 Å². The Morgan fingerprint density at radius 3 is 2.28 bits per heavy atom. The van der Waals surface area contributed by atoms with E-state index in [4.69, 9.17) is 23.6 Å². The molecule has 2 radical (unpaired) electrons. The molecule has 46 heavy (non-hydrogen) atoms. The molecule has 0 bridgehead atoms. The number of nitrogens with zero attached hydrogens (tertiary/aromatic N) is 5. The summed E-state index contributed by atoms with van der Waals surface area (Å²) in [6.45, 7) is 9.14. The fraction of sp³-hybridized carbons (Fsp3) is 0.323. The van der Waals surface area contributed by atoms with E-state index in [1.165, 1.54) is 19.9 Å². The first kappa shape index (κ1) is 31.5. The van der Waals surface area contributed by atoms with Crippen molar-refractivity contribution in [2.75, 3.05) is 7.05 Å². The van der Waals surface area contributed by atoms with E-state index in [1.54, 1.807) is 57.4 Å². The van der Waals surface area contributed by atoms with Gasteiger partial charge < -0.3 is 23.5 Å². The number of carbonyl (C=O) groups is 1. The van der Waals surface area contributed by atoms with Crippen molar-refractivity contribution >= 4 is 36.7 Å². The van der Waals surface area contributed by atoms with Crippen LogP contribution in [0.3, 0.4) is 0 Å². The van der Waals surface area contributed by atoms with Crippen molar-refractivity contribution in [3.63, 3.8) is 0 Å². The Morgan fingerprint density at radius 1 is 1.07 bits per heavy atom. The van der Waals surface area contributed by atoms with Crippen LogP contribution in [0.2, 0.25) is 0 Å². The molecule has 1 amide bonds. The summed E-state index contributed by atoms with van der Waals surface area (Å²) < 4.78 is 47.2. The highest BCUT2D eigenvalue weighted by molar-refractivity contribution is 7.92. The van der Waals surface area contributed by atoms with Gasteiger partial charge in [0, 0.05) is 30.8 Å². The monoisotopic (exact) mass is 639 g/mol. The second-order valence-corrected chi connectivity index (χ2v) is 14.8. The van der Waals surface area contributed by atoms with Gasteiger partial charge in [-0.3, -0.25) is 4.98 Å². The molecule has 1 unspecified atom stereocenters. The Kier molecular flexibility index (Phi) is 8.01. The predicted octanol–water partition coefficient (Wildman–Crippen LogP) is 4.78. The van der Waals surface area contributed by atoms with Crippen LogP contribution in [0.5, 0.6) is 0 Å². The molecule has 0 N–H and O–H groups in total. The summed E-state index contributed by atoms with van der Waals surface area (Å²) in [4.78, 5) is 28.1. The lowest BCUT2D eigenvalue weighted by atomic mass is 9.91. The third-order valence-corrected chi connectivity index (χ3v) is 9.34. The molecule has 4 aromatic rings. The van der Waals surface area contributed by atoms with Crippen molar-refractivity contribution in [3.8, 4) is 34.0 Å². The third-order valence-electron chi connectivity index (χ3n) is 7.17. The minimum absolute atomic E-state index is 0.231. The molecule has 6 rings (SSSR count). The van der Waals surface area contributed by atoms with Crippen LogP contribution in [-0.4, -0.2) is 73.2 Å². The summed E-state index contributed by atoms with van der Waals surface area (Å²) in [5, 5.41) is 3.74. The highest BCUT2D eigenvalue weighted by Gasteiger charge is 2.54. The maximum atomic E-state index is 12.6. The average molecular weight is 639 g/mol. The number of sulfone groups is 1. The van der Waals surface area contributed by atoms with Gasteiger partial charge in [0.1, 0.15) is 22.7 Å². The van der Waals surface area contributed by atoms with Crippen LogP contribution in [0, 0.1) is 0 Å². The standard InChI is InChI=1S/C31H31B2N5O7S/c1-18(2)46(40,41)22-13-11-21(12-14-22)24-16-34-27(31(33-45-31)36-28-32-43-28)26(35-24)25-15-23(37-44-25)20-9-7-19(8-10-20)17-38(6)29(39)42-30(3,4)5/h7-16,18H,17H2,1-6H3. The second-order valence-electron chi connectivity index (χ2n) is 12.3. The Balaban J connectivity index is 1.29. The predicted molar refractivity (Wildman–Crippen MR) is 171 cm³/mol. The maximum Gasteiger partial charge on any atom is 0.474 e. The summed E-state index contributed by atoms with van der Waals surface area (Å²) >= 11 is 0. The van der Waals surface area contributed by atoms with E-state index < -0.39 is 32.4 Å². The van der Waals surface area contributed by atoms with Gasteiger partial charge in [-0.25, -0.2) is 23.2 Å². The Hall–Kier alpha value is -4.49. The lowest BCUT2D eigenvalue weighted by Gasteiger charge is -2.24. The van der Waals surface area contributed by atoms with Gasteiger partial charge in [0.05, 0.1) is 22.0 Å². The summed E-state index contributed by atoms with van der Waals surface area (Å²) in [6, 6.07) is 15.9. The summed E-state index contributed by atoms with van der Waals surface area (Å²) in [6.07, 6.45) is 1.17. The number of hydrogen-bond donors (Lipinski definition) is 0. The molecule has 0 saturated carbocycles. The van der Waals surface area contributed by atoms with E-state index >= 15 is 0 Å². The van der Waals surface area contributed by atoms with Gasteiger partial charge in [0.25, 0.3) is 0 Å². The number of benzene rings is 2. The van der Waals surface area contributed by atoms with Gasteiger partial charge in [-0.2, -0.15) is 0 Å². The molecule has 234 valence electrons. The number of amides is 1. The lowest BCUT2D eigenvalue weighted by Crippen LogP contribution is -2.33. The number of hydrogen-bond acceptors (Lipinski definition) is 11. The molecule has 2 fully saturated rings.